The molecule has 0 fully saturated rings. The molecule has 1 heterocycles. The Morgan fingerprint density at radius 1 is 0.964 bits per heavy atom. The molecule has 1 N–H and O–H groups in total. The van der Waals surface area contributed by atoms with Gasteiger partial charge in [0.25, 0.3) is 5.91 Å². The van der Waals surface area contributed by atoms with Gasteiger partial charge in [0.05, 0.1) is 10.7 Å². The van der Waals surface area contributed by atoms with Crippen LogP contribution in [0.4, 0.5) is 5.69 Å². The molecule has 4 nitrogen and oxygen atoms in total. The number of aryl methyl sites for hydroxylation is 2. The summed E-state index contributed by atoms with van der Waals surface area (Å²) in [5.41, 5.74) is 5.14. The maximum atomic E-state index is 12.6. The van der Waals surface area contributed by atoms with Crippen molar-refractivity contribution in [3.63, 3.8) is 0 Å². The number of anilines is 1. The largest absolute Gasteiger partial charge is 0.436 e. The highest BCUT2D eigenvalue weighted by molar-refractivity contribution is 6.34. The van der Waals surface area contributed by atoms with E-state index in [9.17, 15) is 4.79 Å². The van der Waals surface area contributed by atoms with E-state index in [1.807, 2.05) is 32.0 Å². The zero-order valence-electron chi connectivity index (χ0n) is 15.2. The van der Waals surface area contributed by atoms with Gasteiger partial charge in [-0.15, -0.1) is 0 Å². The van der Waals surface area contributed by atoms with Crippen molar-refractivity contribution in [1.82, 2.24) is 4.98 Å². The van der Waals surface area contributed by atoms with Gasteiger partial charge >= 0.3 is 0 Å². The fourth-order valence-electron chi connectivity index (χ4n) is 2.84. The minimum absolute atomic E-state index is 0.297. The molecule has 1 aromatic heterocycles. The summed E-state index contributed by atoms with van der Waals surface area (Å²) in [4.78, 5) is 17.1. The van der Waals surface area contributed by atoms with Gasteiger partial charge in [-0.25, -0.2) is 4.98 Å². The fraction of sp³-hybridized carbons (Fsp3) is 0.0909. The topological polar surface area (TPSA) is 55.1 Å². The minimum atomic E-state index is -0.297. The number of nitrogens with zero attached hydrogens (tertiary/aromatic N) is 1. The quantitative estimate of drug-likeness (QED) is 0.410. The monoisotopic (exact) mass is 410 g/mol. The van der Waals surface area contributed by atoms with E-state index in [4.69, 9.17) is 27.6 Å². The first-order valence-electron chi connectivity index (χ1n) is 8.65. The van der Waals surface area contributed by atoms with Crippen molar-refractivity contribution >= 4 is 45.9 Å². The van der Waals surface area contributed by atoms with Gasteiger partial charge in [0.15, 0.2) is 5.58 Å². The van der Waals surface area contributed by atoms with Crippen LogP contribution in [0.5, 0.6) is 0 Å². The second kappa shape index (κ2) is 7.30. The summed E-state index contributed by atoms with van der Waals surface area (Å²) in [5.74, 6) is 0.167. The van der Waals surface area contributed by atoms with E-state index in [1.54, 1.807) is 36.4 Å². The van der Waals surface area contributed by atoms with Crippen LogP contribution < -0.4 is 5.32 Å². The number of nitrogens with one attached hydrogen (secondary N) is 1. The maximum absolute atomic E-state index is 12.6. The van der Waals surface area contributed by atoms with Crippen molar-refractivity contribution in [3.05, 3.63) is 81.3 Å². The molecule has 4 rings (SSSR count). The van der Waals surface area contributed by atoms with Crippen LogP contribution in [0.1, 0.15) is 21.5 Å². The number of hydrogen-bond donors (Lipinski definition) is 1. The molecule has 0 unspecified atom stereocenters. The number of hydrogen-bond acceptors (Lipinski definition) is 3. The molecule has 0 aliphatic rings. The molecule has 6 heteroatoms. The van der Waals surface area contributed by atoms with E-state index < -0.39 is 0 Å². The van der Waals surface area contributed by atoms with Crippen LogP contribution in [-0.4, -0.2) is 10.9 Å². The van der Waals surface area contributed by atoms with Crippen molar-refractivity contribution in [3.8, 4) is 11.5 Å². The van der Waals surface area contributed by atoms with Gasteiger partial charge in [-0.3, -0.25) is 4.79 Å². The zero-order chi connectivity index (χ0) is 19.8. The van der Waals surface area contributed by atoms with Gasteiger partial charge in [0, 0.05) is 16.1 Å². The number of halogens is 2. The molecular formula is C22H16Cl2N2O2. The lowest BCUT2D eigenvalue weighted by Crippen LogP contribution is -2.12. The average Bonchev–Trinajstić information content (AvgIpc) is 3.08. The number of carbonyl (C=O) groups excluding carboxylic acids is 1. The lowest BCUT2D eigenvalue weighted by molar-refractivity contribution is 0.102. The summed E-state index contributed by atoms with van der Waals surface area (Å²) >= 11 is 12.4. The summed E-state index contributed by atoms with van der Waals surface area (Å²) in [5, 5.41) is 3.78. The minimum Gasteiger partial charge on any atom is -0.436 e. The Morgan fingerprint density at radius 2 is 1.79 bits per heavy atom. The van der Waals surface area contributed by atoms with Crippen molar-refractivity contribution in [2.24, 2.45) is 0 Å². The number of aromatic nitrogens is 1. The standard InChI is InChI=1S/C22H16Cl2N2O2/c1-12-3-8-20-19(9-12)26-22(28-20)15-6-7-16(23)18(11-15)25-21(27)14-5-4-13(2)17(24)10-14/h3-11H,1-2H3,(H,25,27). The van der Waals surface area contributed by atoms with E-state index in [0.717, 1.165) is 22.2 Å². The maximum Gasteiger partial charge on any atom is 0.255 e. The molecule has 3 aromatic carbocycles. The first kappa shape index (κ1) is 18.5. The molecule has 0 bridgehead atoms. The highest BCUT2D eigenvalue weighted by Crippen LogP contribution is 2.31. The number of amides is 1. The van der Waals surface area contributed by atoms with Crippen molar-refractivity contribution in [2.45, 2.75) is 13.8 Å². The number of fused-ring (bicyclic) bond motifs is 1. The third kappa shape index (κ3) is 3.61. The molecule has 0 atom stereocenters. The molecule has 0 radical (unpaired) electrons. The van der Waals surface area contributed by atoms with Gasteiger partial charge in [0.1, 0.15) is 5.52 Å². The summed E-state index contributed by atoms with van der Waals surface area (Å²) < 4.78 is 5.84. The summed E-state index contributed by atoms with van der Waals surface area (Å²) in [6.45, 7) is 3.88. The normalized spacial score (nSPS) is 11.0. The Hall–Kier alpha value is -2.82. The second-order valence-electron chi connectivity index (χ2n) is 6.60. The molecule has 0 saturated heterocycles. The molecule has 0 aliphatic heterocycles. The Kier molecular flexibility index (Phi) is 4.84. The van der Waals surface area contributed by atoms with Crippen LogP contribution in [0.25, 0.3) is 22.6 Å². The third-order valence-corrected chi connectivity index (χ3v) is 5.18. The average molecular weight is 411 g/mol. The lowest BCUT2D eigenvalue weighted by atomic mass is 10.1. The van der Waals surface area contributed by atoms with Crippen LogP contribution in [0.15, 0.2) is 59.0 Å². The molecule has 4 aromatic rings. The van der Waals surface area contributed by atoms with Crippen LogP contribution >= 0.6 is 23.2 Å². The summed E-state index contributed by atoms with van der Waals surface area (Å²) in [6.07, 6.45) is 0. The van der Waals surface area contributed by atoms with Gasteiger partial charge in [0.2, 0.25) is 5.89 Å². The van der Waals surface area contributed by atoms with Gasteiger partial charge in [-0.1, -0.05) is 35.3 Å². The van der Waals surface area contributed by atoms with Crippen LogP contribution in [0, 0.1) is 13.8 Å². The lowest BCUT2D eigenvalue weighted by Gasteiger charge is -2.09. The van der Waals surface area contributed by atoms with E-state index in [-0.39, 0.29) is 5.91 Å². The zero-order valence-corrected chi connectivity index (χ0v) is 16.7. The predicted molar refractivity (Wildman–Crippen MR) is 113 cm³/mol. The van der Waals surface area contributed by atoms with E-state index in [1.165, 1.54) is 0 Å². The van der Waals surface area contributed by atoms with E-state index in [2.05, 4.69) is 10.3 Å². The van der Waals surface area contributed by atoms with Crippen molar-refractivity contribution in [1.29, 1.82) is 0 Å². The Labute approximate surface area is 172 Å². The number of oxazole rings is 1. The van der Waals surface area contributed by atoms with Crippen LogP contribution in [-0.2, 0) is 0 Å². The van der Waals surface area contributed by atoms with Gasteiger partial charge in [-0.2, -0.15) is 0 Å². The summed E-state index contributed by atoms with van der Waals surface area (Å²) in [6, 6.07) is 16.2. The highest BCUT2D eigenvalue weighted by Gasteiger charge is 2.14. The summed E-state index contributed by atoms with van der Waals surface area (Å²) in [7, 11) is 0. The molecule has 140 valence electrons. The van der Waals surface area contributed by atoms with Crippen molar-refractivity contribution < 1.29 is 9.21 Å². The third-order valence-electron chi connectivity index (χ3n) is 4.44. The molecular weight excluding hydrogens is 395 g/mol. The van der Waals surface area contributed by atoms with E-state index in [0.29, 0.717) is 32.8 Å². The molecule has 0 aliphatic carbocycles. The van der Waals surface area contributed by atoms with Gasteiger partial charge in [-0.05, 0) is 67.4 Å². The first-order chi connectivity index (χ1) is 13.4. The SMILES string of the molecule is Cc1ccc2oc(-c3ccc(Cl)c(NC(=O)c4ccc(C)c(Cl)c4)c3)nc2c1. The highest BCUT2D eigenvalue weighted by atomic mass is 35.5. The van der Waals surface area contributed by atoms with Crippen molar-refractivity contribution in [2.75, 3.05) is 5.32 Å². The smallest absolute Gasteiger partial charge is 0.255 e. The van der Waals surface area contributed by atoms with Crippen LogP contribution in [0.2, 0.25) is 10.0 Å². The Morgan fingerprint density at radius 3 is 2.57 bits per heavy atom. The molecule has 0 saturated carbocycles. The number of rotatable bonds is 3. The molecule has 28 heavy (non-hydrogen) atoms. The molecule has 1 amide bonds. The predicted octanol–water partition coefficient (Wildman–Crippen LogP) is 6.67. The van der Waals surface area contributed by atoms with E-state index >= 15 is 0 Å². The molecule has 0 spiro atoms. The fourth-order valence-corrected chi connectivity index (χ4v) is 3.19. The Balaban J connectivity index is 1.66. The number of carbonyl (C=O) groups is 1. The first-order valence-corrected chi connectivity index (χ1v) is 9.41. The Bertz CT molecular complexity index is 1210. The second-order valence-corrected chi connectivity index (χ2v) is 7.42. The van der Waals surface area contributed by atoms with Crippen LogP contribution in [0.3, 0.4) is 0 Å². The number of benzene rings is 3. The van der Waals surface area contributed by atoms with Gasteiger partial charge < -0.3 is 9.73 Å².